The smallest absolute Gasteiger partial charge is 0.122 e. The highest BCUT2D eigenvalue weighted by molar-refractivity contribution is 9.11. The molecule has 0 radical (unpaired) electrons. The lowest BCUT2D eigenvalue weighted by molar-refractivity contribution is 0.282. The molecule has 3 rings (SSSR count). The van der Waals surface area contributed by atoms with Gasteiger partial charge in [0.05, 0.1) is 10.9 Å². The second-order valence-electron chi connectivity index (χ2n) is 5.19. The lowest BCUT2D eigenvalue weighted by Gasteiger charge is -2.37. The zero-order chi connectivity index (χ0) is 13.9. The van der Waals surface area contributed by atoms with Crippen molar-refractivity contribution in [2.75, 3.05) is 7.11 Å². The van der Waals surface area contributed by atoms with E-state index in [0.29, 0.717) is 12.0 Å². The fraction of sp³-hybridized carbons (Fsp3) is 0.375. The van der Waals surface area contributed by atoms with Crippen molar-refractivity contribution >= 4 is 27.3 Å². The first-order valence-electron chi connectivity index (χ1n) is 6.87. The summed E-state index contributed by atoms with van der Waals surface area (Å²) in [7, 11) is 1.75. The van der Waals surface area contributed by atoms with Gasteiger partial charge in [0.25, 0.3) is 0 Å². The Morgan fingerprint density at radius 3 is 2.75 bits per heavy atom. The molecule has 0 spiro atoms. The van der Waals surface area contributed by atoms with Crippen LogP contribution < -0.4 is 10.1 Å². The summed E-state index contributed by atoms with van der Waals surface area (Å²) in [6.45, 7) is 0.972. The first-order chi connectivity index (χ1) is 9.76. The second-order valence-corrected chi connectivity index (χ2v) is 7.74. The number of nitrogens with one attached hydrogen (secondary N) is 1. The summed E-state index contributed by atoms with van der Waals surface area (Å²) in [6.07, 6.45) is 2.40. The number of methoxy groups -OCH3 is 1. The standard InChI is InChI=1S/C16H18BrNOS/c1-19-15-5-3-2-4-14(15)11-8-12(9-11)18-10-13-6-7-16(17)20-13/h2-7,11-12,18H,8-10H2,1H3. The lowest BCUT2D eigenvalue weighted by Crippen LogP contribution is -2.39. The van der Waals surface area contributed by atoms with E-state index in [2.05, 4.69) is 51.6 Å². The van der Waals surface area contributed by atoms with E-state index in [0.717, 1.165) is 12.3 Å². The predicted octanol–water partition coefficient (Wildman–Crippen LogP) is 4.56. The third kappa shape index (κ3) is 3.08. The van der Waals surface area contributed by atoms with Crippen LogP contribution in [0.3, 0.4) is 0 Å². The van der Waals surface area contributed by atoms with Crippen LogP contribution >= 0.6 is 27.3 Å². The third-order valence-electron chi connectivity index (χ3n) is 3.91. The summed E-state index contributed by atoms with van der Waals surface area (Å²) >= 11 is 5.30. The Hall–Kier alpha value is -0.840. The van der Waals surface area contributed by atoms with Crippen LogP contribution in [-0.4, -0.2) is 13.2 Å². The number of thiophene rings is 1. The molecule has 0 saturated heterocycles. The highest BCUT2D eigenvalue weighted by atomic mass is 79.9. The van der Waals surface area contributed by atoms with Crippen LogP contribution in [0.25, 0.3) is 0 Å². The van der Waals surface area contributed by atoms with E-state index in [4.69, 9.17) is 4.74 Å². The summed E-state index contributed by atoms with van der Waals surface area (Å²) in [6, 6.07) is 13.3. The maximum atomic E-state index is 5.45. The second kappa shape index (κ2) is 6.29. The molecule has 0 amide bonds. The SMILES string of the molecule is COc1ccccc1C1CC(NCc2ccc(Br)s2)C1. The van der Waals surface area contributed by atoms with E-state index >= 15 is 0 Å². The number of benzene rings is 1. The molecule has 0 unspecified atom stereocenters. The van der Waals surface area contributed by atoms with Gasteiger partial charge in [-0.1, -0.05) is 18.2 Å². The van der Waals surface area contributed by atoms with Gasteiger partial charge in [0.1, 0.15) is 5.75 Å². The van der Waals surface area contributed by atoms with Crippen molar-refractivity contribution in [1.29, 1.82) is 0 Å². The predicted molar refractivity (Wildman–Crippen MR) is 87.6 cm³/mol. The van der Waals surface area contributed by atoms with Crippen molar-refractivity contribution in [3.63, 3.8) is 0 Å². The first-order valence-corrected chi connectivity index (χ1v) is 8.47. The van der Waals surface area contributed by atoms with E-state index in [9.17, 15) is 0 Å². The minimum atomic E-state index is 0.630. The molecule has 1 heterocycles. The van der Waals surface area contributed by atoms with Crippen LogP contribution in [0.5, 0.6) is 5.75 Å². The number of ether oxygens (including phenoxy) is 1. The maximum Gasteiger partial charge on any atom is 0.122 e. The highest BCUT2D eigenvalue weighted by Crippen LogP contribution is 2.41. The van der Waals surface area contributed by atoms with Gasteiger partial charge in [0.2, 0.25) is 0 Å². The number of para-hydroxylation sites is 1. The van der Waals surface area contributed by atoms with Gasteiger partial charge in [-0.2, -0.15) is 0 Å². The van der Waals surface area contributed by atoms with Gasteiger partial charge in [-0.3, -0.25) is 0 Å². The first kappa shape index (κ1) is 14.1. The molecule has 1 N–H and O–H groups in total. The molecule has 2 nitrogen and oxygen atoms in total. The maximum absolute atomic E-state index is 5.45. The van der Waals surface area contributed by atoms with Crippen molar-refractivity contribution in [3.8, 4) is 5.75 Å². The molecule has 1 aliphatic rings. The van der Waals surface area contributed by atoms with Gasteiger partial charge in [0.15, 0.2) is 0 Å². The molecule has 20 heavy (non-hydrogen) atoms. The minimum absolute atomic E-state index is 0.630. The highest BCUT2D eigenvalue weighted by Gasteiger charge is 2.31. The van der Waals surface area contributed by atoms with Gasteiger partial charge in [0, 0.05) is 17.5 Å². The van der Waals surface area contributed by atoms with Crippen molar-refractivity contribution in [2.24, 2.45) is 0 Å². The molecule has 1 aromatic carbocycles. The van der Waals surface area contributed by atoms with Gasteiger partial charge in [-0.15, -0.1) is 11.3 Å². The zero-order valence-corrected chi connectivity index (χ0v) is 13.8. The van der Waals surface area contributed by atoms with Crippen LogP contribution in [0.4, 0.5) is 0 Å². The molecule has 1 fully saturated rings. The van der Waals surface area contributed by atoms with Crippen molar-refractivity contribution in [3.05, 3.63) is 50.6 Å². The van der Waals surface area contributed by atoms with E-state index in [1.54, 1.807) is 18.4 Å². The molecule has 4 heteroatoms. The molecule has 0 bridgehead atoms. The summed E-state index contributed by atoms with van der Waals surface area (Å²) < 4.78 is 6.65. The Morgan fingerprint density at radius 2 is 2.05 bits per heavy atom. The monoisotopic (exact) mass is 351 g/mol. The summed E-state index contributed by atoms with van der Waals surface area (Å²) in [5.74, 6) is 1.66. The van der Waals surface area contributed by atoms with Gasteiger partial charge >= 0.3 is 0 Å². The van der Waals surface area contributed by atoms with Crippen molar-refractivity contribution < 1.29 is 4.74 Å². The van der Waals surface area contributed by atoms with Gasteiger partial charge < -0.3 is 10.1 Å². The normalized spacial score (nSPS) is 21.5. The summed E-state index contributed by atoms with van der Waals surface area (Å²) in [4.78, 5) is 1.39. The fourth-order valence-electron chi connectivity index (χ4n) is 2.73. The molecular weight excluding hydrogens is 334 g/mol. The van der Waals surface area contributed by atoms with Crippen molar-refractivity contribution in [2.45, 2.75) is 31.3 Å². The van der Waals surface area contributed by atoms with Gasteiger partial charge in [-0.05, 0) is 58.5 Å². The Kier molecular flexibility index (Phi) is 4.44. The quantitative estimate of drug-likeness (QED) is 0.852. The molecule has 106 valence electrons. The van der Waals surface area contributed by atoms with Crippen molar-refractivity contribution in [1.82, 2.24) is 5.32 Å². The number of rotatable bonds is 5. The van der Waals surface area contributed by atoms with E-state index < -0.39 is 0 Å². The number of hydrogen-bond acceptors (Lipinski definition) is 3. The Bertz CT molecular complexity index is 577. The van der Waals surface area contributed by atoms with E-state index in [1.165, 1.54) is 27.1 Å². The van der Waals surface area contributed by atoms with Crippen LogP contribution in [0, 0.1) is 0 Å². The number of halogens is 1. The fourth-order valence-corrected chi connectivity index (χ4v) is 4.17. The molecule has 1 aromatic heterocycles. The summed E-state index contributed by atoms with van der Waals surface area (Å²) in [5, 5.41) is 3.63. The van der Waals surface area contributed by atoms with Crippen LogP contribution in [-0.2, 0) is 6.54 Å². The van der Waals surface area contributed by atoms with E-state index in [-0.39, 0.29) is 0 Å². The van der Waals surface area contributed by atoms with Crippen LogP contribution in [0.2, 0.25) is 0 Å². The Balaban J connectivity index is 1.51. The average molecular weight is 352 g/mol. The van der Waals surface area contributed by atoms with E-state index in [1.807, 2.05) is 6.07 Å². The molecule has 0 aliphatic heterocycles. The Morgan fingerprint density at radius 1 is 1.25 bits per heavy atom. The average Bonchev–Trinajstić information content (AvgIpc) is 2.83. The third-order valence-corrected chi connectivity index (χ3v) is 5.53. The topological polar surface area (TPSA) is 21.3 Å². The summed E-state index contributed by atoms with van der Waals surface area (Å²) in [5.41, 5.74) is 1.35. The van der Waals surface area contributed by atoms with Crippen LogP contribution in [0.1, 0.15) is 29.2 Å². The molecular formula is C16H18BrNOS. The molecule has 1 aliphatic carbocycles. The number of hydrogen-bond donors (Lipinski definition) is 1. The molecule has 0 atom stereocenters. The Labute approximate surface area is 132 Å². The lowest BCUT2D eigenvalue weighted by atomic mass is 9.75. The molecule has 1 saturated carbocycles. The molecule has 2 aromatic rings. The minimum Gasteiger partial charge on any atom is -0.496 e. The van der Waals surface area contributed by atoms with Gasteiger partial charge in [-0.25, -0.2) is 0 Å². The zero-order valence-electron chi connectivity index (χ0n) is 11.4. The van der Waals surface area contributed by atoms with Crippen LogP contribution in [0.15, 0.2) is 40.2 Å². The largest absolute Gasteiger partial charge is 0.496 e.